The van der Waals surface area contributed by atoms with E-state index in [0.717, 1.165) is 45.7 Å². The molecule has 1 aliphatic heterocycles. The van der Waals surface area contributed by atoms with E-state index in [1.165, 1.54) is 5.23 Å². The maximum absolute atomic E-state index is 6.08. The fourth-order valence-electron chi connectivity index (χ4n) is 3.80. The summed E-state index contributed by atoms with van der Waals surface area (Å²) in [7, 11) is 0. The number of rotatable bonds is 8. The Balaban J connectivity index is 1.60. The SMILES string of the molecule is C(=Cc1ccc(ON2CCO2)c(C=Cc2ccccc2)c1C=Cc1ccccc1)c1ccccc1. The van der Waals surface area contributed by atoms with E-state index < -0.39 is 0 Å². The monoisotopic (exact) mass is 457 g/mol. The lowest BCUT2D eigenvalue weighted by atomic mass is 9.96. The first-order chi connectivity index (χ1) is 17.3. The third-order valence-corrected chi connectivity index (χ3v) is 5.73. The highest BCUT2D eigenvalue weighted by Crippen LogP contribution is 2.32. The predicted octanol–water partition coefficient (Wildman–Crippen LogP) is 7.74. The summed E-state index contributed by atoms with van der Waals surface area (Å²) in [6.07, 6.45) is 12.8. The van der Waals surface area contributed by atoms with Gasteiger partial charge < -0.3 is 4.84 Å². The van der Waals surface area contributed by atoms with Gasteiger partial charge in [-0.05, 0) is 45.2 Å². The Morgan fingerprint density at radius 2 is 1.03 bits per heavy atom. The van der Waals surface area contributed by atoms with Gasteiger partial charge in [-0.15, -0.1) is 0 Å². The molecule has 4 aromatic rings. The number of nitrogens with zero attached hydrogens (tertiary/aromatic N) is 1. The Labute approximate surface area is 206 Å². The average Bonchev–Trinajstić information content (AvgIpc) is 2.89. The zero-order valence-electron chi connectivity index (χ0n) is 19.5. The quantitative estimate of drug-likeness (QED) is 0.253. The third-order valence-electron chi connectivity index (χ3n) is 5.73. The molecule has 0 atom stereocenters. The van der Waals surface area contributed by atoms with Gasteiger partial charge in [0.25, 0.3) is 0 Å². The molecule has 1 saturated heterocycles. The topological polar surface area (TPSA) is 21.7 Å². The predicted molar refractivity (Wildman–Crippen MR) is 146 cm³/mol. The summed E-state index contributed by atoms with van der Waals surface area (Å²) < 4.78 is 0. The minimum Gasteiger partial charge on any atom is -0.380 e. The van der Waals surface area contributed by atoms with Gasteiger partial charge in [0.05, 0.1) is 13.2 Å². The van der Waals surface area contributed by atoms with Crippen LogP contribution in [0.15, 0.2) is 103 Å². The summed E-state index contributed by atoms with van der Waals surface area (Å²) in [5.74, 6) is 0.751. The second-order valence-electron chi connectivity index (χ2n) is 8.19. The average molecular weight is 458 g/mol. The second kappa shape index (κ2) is 11.3. The number of hydrogen-bond donors (Lipinski definition) is 0. The lowest BCUT2D eigenvalue weighted by Gasteiger charge is -2.29. The van der Waals surface area contributed by atoms with Crippen molar-refractivity contribution in [3.05, 3.63) is 137 Å². The smallest absolute Gasteiger partial charge is 0.158 e. The van der Waals surface area contributed by atoms with E-state index in [-0.39, 0.29) is 0 Å². The van der Waals surface area contributed by atoms with Gasteiger partial charge in [-0.3, -0.25) is 4.84 Å². The van der Waals surface area contributed by atoms with Crippen molar-refractivity contribution in [3.63, 3.8) is 0 Å². The van der Waals surface area contributed by atoms with Crippen LogP contribution in [0.25, 0.3) is 36.5 Å². The molecule has 3 heteroatoms. The first-order valence-corrected chi connectivity index (χ1v) is 11.8. The molecule has 0 bridgehead atoms. The molecule has 3 nitrogen and oxygen atoms in total. The van der Waals surface area contributed by atoms with Crippen LogP contribution in [-0.4, -0.2) is 18.4 Å². The molecule has 0 amide bonds. The Kier molecular flexibility index (Phi) is 7.30. The summed E-state index contributed by atoms with van der Waals surface area (Å²) in [5.41, 5.74) is 6.59. The standard InChI is InChI=1S/C32H27NO2/c1-4-10-26(11-5-1)16-19-29-20-23-32(35-33-24-25-34-33)31(22-18-28-14-8-3-9-15-28)30(29)21-17-27-12-6-2-7-13-27/h1-23H,24-25H2. The molecule has 0 aromatic heterocycles. The van der Waals surface area contributed by atoms with Gasteiger partial charge >= 0.3 is 0 Å². The fourth-order valence-corrected chi connectivity index (χ4v) is 3.80. The van der Waals surface area contributed by atoms with Crippen molar-refractivity contribution >= 4 is 36.5 Å². The van der Waals surface area contributed by atoms with E-state index in [1.807, 2.05) is 60.7 Å². The number of hydrogen-bond acceptors (Lipinski definition) is 3. The summed E-state index contributed by atoms with van der Waals surface area (Å²) in [6.45, 7) is 1.42. The zero-order valence-corrected chi connectivity index (χ0v) is 19.5. The molecule has 0 unspecified atom stereocenters. The van der Waals surface area contributed by atoms with Crippen LogP contribution in [0, 0.1) is 0 Å². The molecule has 5 rings (SSSR count). The summed E-state index contributed by atoms with van der Waals surface area (Å²) in [4.78, 5) is 11.5. The van der Waals surface area contributed by atoms with E-state index in [1.54, 1.807) is 0 Å². The van der Waals surface area contributed by atoms with Crippen molar-refractivity contribution in [1.29, 1.82) is 0 Å². The number of hydroxylamine groups is 2. The number of benzene rings is 4. The van der Waals surface area contributed by atoms with E-state index >= 15 is 0 Å². The van der Waals surface area contributed by atoms with Gasteiger partial charge in [0.2, 0.25) is 0 Å². The third kappa shape index (κ3) is 6.04. The molecule has 0 spiro atoms. The highest BCUT2D eigenvalue weighted by atomic mass is 17.0. The van der Waals surface area contributed by atoms with Gasteiger partial charge in [0.1, 0.15) is 0 Å². The fraction of sp³-hybridized carbons (Fsp3) is 0.0625. The summed E-state index contributed by atoms with van der Waals surface area (Å²) in [6, 6.07) is 35.1. The minimum absolute atomic E-state index is 0.674. The molecule has 0 saturated carbocycles. The maximum Gasteiger partial charge on any atom is 0.158 e. The molecule has 172 valence electrons. The van der Waals surface area contributed by atoms with Crippen LogP contribution in [0.5, 0.6) is 5.75 Å². The Hall–Kier alpha value is -4.18. The van der Waals surface area contributed by atoms with Gasteiger partial charge in [0, 0.05) is 5.56 Å². The first kappa shape index (κ1) is 22.6. The minimum atomic E-state index is 0.674. The van der Waals surface area contributed by atoms with E-state index in [4.69, 9.17) is 9.68 Å². The van der Waals surface area contributed by atoms with Crippen LogP contribution in [0.1, 0.15) is 33.4 Å². The van der Waals surface area contributed by atoms with Crippen molar-refractivity contribution in [2.45, 2.75) is 0 Å². The van der Waals surface area contributed by atoms with Crippen molar-refractivity contribution < 1.29 is 9.68 Å². The second-order valence-corrected chi connectivity index (χ2v) is 8.19. The van der Waals surface area contributed by atoms with E-state index in [9.17, 15) is 0 Å². The van der Waals surface area contributed by atoms with E-state index in [2.05, 4.69) is 78.9 Å². The van der Waals surface area contributed by atoms with Crippen LogP contribution < -0.4 is 4.84 Å². The van der Waals surface area contributed by atoms with Crippen LogP contribution in [-0.2, 0) is 4.84 Å². The van der Waals surface area contributed by atoms with Crippen molar-refractivity contribution in [1.82, 2.24) is 5.23 Å². The van der Waals surface area contributed by atoms with Crippen LogP contribution in [0.4, 0.5) is 0 Å². The van der Waals surface area contributed by atoms with Gasteiger partial charge in [-0.1, -0.05) is 127 Å². The normalized spacial score (nSPS) is 14.1. The van der Waals surface area contributed by atoms with Crippen molar-refractivity contribution in [2.24, 2.45) is 0 Å². The molecule has 35 heavy (non-hydrogen) atoms. The van der Waals surface area contributed by atoms with Crippen LogP contribution >= 0.6 is 0 Å². The Morgan fingerprint density at radius 3 is 1.51 bits per heavy atom. The molecular formula is C32H27NO2. The van der Waals surface area contributed by atoms with Crippen molar-refractivity contribution in [2.75, 3.05) is 13.2 Å². The molecule has 1 heterocycles. The highest BCUT2D eigenvalue weighted by molar-refractivity contribution is 5.87. The van der Waals surface area contributed by atoms with Gasteiger partial charge in [-0.25, -0.2) is 0 Å². The zero-order chi connectivity index (χ0) is 23.7. The Morgan fingerprint density at radius 1 is 0.543 bits per heavy atom. The van der Waals surface area contributed by atoms with Gasteiger partial charge in [0.15, 0.2) is 5.75 Å². The molecular weight excluding hydrogens is 430 g/mol. The molecule has 0 radical (unpaired) electrons. The van der Waals surface area contributed by atoms with Crippen LogP contribution in [0.2, 0.25) is 0 Å². The molecule has 4 aromatic carbocycles. The largest absolute Gasteiger partial charge is 0.380 e. The lowest BCUT2D eigenvalue weighted by molar-refractivity contribution is -0.386. The molecule has 1 aliphatic rings. The first-order valence-electron chi connectivity index (χ1n) is 11.8. The lowest BCUT2D eigenvalue weighted by Crippen LogP contribution is -2.41. The summed E-state index contributed by atoms with van der Waals surface area (Å²) >= 11 is 0. The van der Waals surface area contributed by atoms with Gasteiger partial charge in [-0.2, -0.15) is 0 Å². The molecule has 0 N–H and O–H groups in total. The van der Waals surface area contributed by atoms with Crippen molar-refractivity contribution in [3.8, 4) is 5.75 Å². The molecule has 1 fully saturated rings. The van der Waals surface area contributed by atoms with E-state index in [0.29, 0.717) is 6.61 Å². The summed E-state index contributed by atoms with van der Waals surface area (Å²) in [5, 5.41) is 1.53. The highest BCUT2D eigenvalue weighted by Gasteiger charge is 2.20. The Bertz CT molecular complexity index is 1320. The van der Waals surface area contributed by atoms with Crippen LogP contribution in [0.3, 0.4) is 0 Å². The maximum atomic E-state index is 6.08. The molecule has 0 aliphatic carbocycles.